The van der Waals surface area contributed by atoms with E-state index in [4.69, 9.17) is 14.2 Å². The minimum atomic E-state index is -1.35. The molecule has 8 atom stereocenters. The maximum atomic E-state index is 12.3. The maximum Gasteiger partial charge on any atom is 0.342 e. The molecule has 1 unspecified atom stereocenters. The van der Waals surface area contributed by atoms with Crippen LogP contribution in [-0.4, -0.2) is 46.6 Å². The fraction of sp³-hybridized carbons (Fsp3) is 0.733. The van der Waals surface area contributed by atoms with Gasteiger partial charge in [0.2, 0.25) is 5.60 Å². The highest BCUT2D eigenvalue weighted by molar-refractivity contribution is 5.91. The highest BCUT2D eigenvalue weighted by Gasteiger charge is 2.95. The Morgan fingerprint density at radius 1 is 1.38 bits per heavy atom. The number of hydrogen-bond donors (Lipinski definition) is 1. The van der Waals surface area contributed by atoms with Gasteiger partial charge in [0.15, 0.2) is 6.10 Å². The van der Waals surface area contributed by atoms with Crippen LogP contribution >= 0.6 is 0 Å². The van der Waals surface area contributed by atoms with Crippen molar-refractivity contribution in [3.05, 3.63) is 12.2 Å². The van der Waals surface area contributed by atoms with Gasteiger partial charge in [-0.1, -0.05) is 12.2 Å². The zero-order valence-corrected chi connectivity index (χ0v) is 11.8. The first-order valence-electron chi connectivity index (χ1n) is 7.26. The summed E-state index contributed by atoms with van der Waals surface area (Å²) in [4.78, 5) is 24.7. The Hall–Kier alpha value is -1.40. The Balaban J connectivity index is 1.78. The third-order valence-electron chi connectivity index (χ3n) is 6.60. The van der Waals surface area contributed by atoms with E-state index in [2.05, 4.69) is 6.58 Å². The van der Waals surface area contributed by atoms with E-state index >= 15 is 0 Å². The van der Waals surface area contributed by atoms with Crippen molar-refractivity contribution in [1.29, 1.82) is 0 Å². The molecule has 0 aromatic rings. The number of hydrogen-bond acceptors (Lipinski definition) is 6. The Kier molecular flexibility index (Phi) is 1.68. The number of ether oxygens (including phenoxy) is 3. The molecular formula is C15H16O6. The second-order valence-corrected chi connectivity index (χ2v) is 7.25. The predicted octanol–water partition coefficient (Wildman–Crippen LogP) is -0.0620. The molecule has 2 aliphatic carbocycles. The largest absolute Gasteiger partial charge is 0.457 e. The van der Waals surface area contributed by atoms with Crippen LogP contribution in [0.3, 0.4) is 0 Å². The second-order valence-electron chi connectivity index (χ2n) is 7.25. The van der Waals surface area contributed by atoms with E-state index < -0.39 is 46.7 Å². The molecule has 2 bridgehead atoms. The molecule has 3 heterocycles. The number of carbonyl (C=O) groups is 2. The molecule has 6 heteroatoms. The molecule has 5 fully saturated rings. The molecule has 112 valence electrons. The lowest BCUT2D eigenvalue weighted by molar-refractivity contribution is -0.195. The van der Waals surface area contributed by atoms with E-state index in [0.717, 1.165) is 5.57 Å². The Labute approximate surface area is 121 Å². The van der Waals surface area contributed by atoms with Gasteiger partial charge >= 0.3 is 11.9 Å². The first kappa shape index (κ1) is 12.2. The molecule has 3 aliphatic heterocycles. The summed E-state index contributed by atoms with van der Waals surface area (Å²) >= 11 is 0. The lowest BCUT2D eigenvalue weighted by Crippen LogP contribution is -2.66. The standard InChI is InChI=1S/C15H16O6/c1-5(2)7-8-11(16)19-9(7)10-13(3)14(8,18)4-6-15(13,21-6)12(17)20-10/h6-10,18H,1,4H2,2-3H3/t6-,7+,8-,9-,10?,13-,14-,15+/m1/s1. The number of fused-ring (bicyclic) bond motifs is 4. The van der Waals surface area contributed by atoms with Crippen molar-refractivity contribution in [2.45, 2.75) is 49.8 Å². The van der Waals surface area contributed by atoms with Gasteiger partial charge in [-0.05, 0) is 13.8 Å². The highest BCUT2D eigenvalue weighted by Crippen LogP contribution is 2.76. The summed E-state index contributed by atoms with van der Waals surface area (Å²) in [5.41, 5.74) is -2.60. The summed E-state index contributed by atoms with van der Waals surface area (Å²) in [6, 6.07) is 0. The van der Waals surface area contributed by atoms with Crippen LogP contribution in [0.2, 0.25) is 0 Å². The van der Waals surface area contributed by atoms with Crippen molar-refractivity contribution < 1.29 is 28.9 Å². The number of aliphatic hydroxyl groups is 1. The second kappa shape index (κ2) is 2.90. The van der Waals surface area contributed by atoms with Gasteiger partial charge in [0, 0.05) is 12.3 Å². The van der Waals surface area contributed by atoms with E-state index in [1.807, 2.05) is 6.92 Å². The number of carbonyl (C=O) groups excluding carboxylic acids is 2. The van der Waals surface area contributed by atoms with Crippen molar-refractivity contribution in [2.75, 3.05) is 0 Å². The first-order valence-corrected chi connectivity index (χ1v) is 7.26. The molecule has 3 saturated heterocycles. The Morgan fingerprint density at radius 2 is 2.10 bits per heavy atom. The summed E-state index contributed by atoms with van der Waals surface area (Å²) in [6.45, 7) is 7.55. The van der Waals surface area contributed by atoms with Crippen LogP contribution in [0.4, 0.5) is 0 Å². The molecule has 5 rings (SSSR count). The maximum absolute atomic E-state index is 12.3. The third-order valence-corrected chi connectivity index (χ3v) is 6.60. The van der Waals surface area contributed by atoms with Crippen molar-refractivity contribution in [1.82, 2.24) is 0 Å². The fourth-order valence-corrected chi connectivity index (χ4v) is 5.59. The van der Waals surface area contributed by atoms with Crippen LogP contribution in [0.15, 0.2) is 12.2 Å². The SMILES string of the molecule is C=C(C)[C@@H]1[C@H]2OC(=O)[C@@H]1[C@]1(O)C[C@H]3O[C@]34C(=O)OC2[C@]14C. The molecule has 0 amide bonds. The van der Waals surface area contributed by atoms with Crippen molar-refractivity contribution in [2.24, 2.45) is 17.3 Å². The van der Waals surface area contributed by atoms with Crippen LogP contribution in [0.1, 0.15) is 20.3 Å². The molecule has 0 aromatic heterocycles. The minimum absolute atomic E-state index is 0.269. The molecule has 21 heavy (non-hydrogen) atoms. The van der Waals surface area contributed by atoms with Crippen LogP contribution in [0, 0.1) is 17.3 Å². The van der Waals surface area contributed by atoms with Crippen LogP contribution < -0.4 is 0 Å². The summed E-state index contributed by atoms with van der Waals surface area (Å²) in [5.74, 6) is -1.86. The van der Waals surface area contributed by atoms with Gasteiger partial charge in [0.1, 0.15) is 12.2 Å². The first-order chi connectivity index (χ1) is 9.79. The quantitative estimate of drug-likeness (QED) is 0.414. The van der Waals surface area contributed by atoms with E-state index in [1.54, 1.807) is 6.92 Å². The normalized spacial score (nSPS) is 62.0. The van der Waals surface area contributed by atoms with Crippen molar-refractivity contribution in [3.63, 3.8) is 0 Å². The molecule has 1 N–H and O–H groups in total. The summed E-state index contributed by atoms with van der Waals surface area (Å²) < 4.78 is 16.6. The van der Waals surface area contributed by atoms with Gasteiger partial charge in [-0.2, -0.15) is 0 Å². The molecule has 5 aliphatic rings. The van der Waals surface area contributed by atoms with Crippen molar-refractivity contribution >= 4 is 11.9 Å². The van der Waals surface area contributed by atoms with Gasteiger partial charge in [-0.25, -0.2) is 4.79 Å². The number of rotatable bonds is 1. The van der Waals surface area contributed by atoms with Gasteiger partial charge in [0.25, 0.3) is 0 Å². The average molecular weight is 292 g/mol. The van der Waals surface area contributed by atoms with Crippen LogP contribution in [0.5, 0.6) is 0 Å². The molecule has 6 nitrogen and oxygen atoms in total. The van der Waals surface area contributed by atoms with Crippen molar-refractivity contribution in [3.8, 4) is 0 Å². The van der Waals surface area contributed by atoms with Crippen LogP contribution in [-0.2, 0) is 23.8 Å². The molecule has 0 radical (unpaired) electrons. The minimum Gasteiger partial charge on any atom is -0.457 e. The van der Waals surface area contributed by atoms with Gasteiger partial charge in [0.05, 0.1) is 16.9 Å². The lowest BCUT2D eigenvalue weighted by Gasteiger charge is -2.51. The van der Waals surface area contributed by atoms with Crippen LogP contribution in [0.25, 0.3) is 0 Å². The summed E-state index contributed by atoms with van der Waals surface area (Å²) in [5, 5.41) is 11.4. The average Bonchev–Trinajstić information content (AvgIpc) is 2.86. The number of epoxide rings is 1. The molecular weight excluding hydrogens is 276 g/mol. The zero-order valence-electron chi connectivity index (χ0n) is 11.8. The van der Waals surface area contributed by atoms with Gasteiger partial charge < -0.3 is 19.3 Å². The van der Waals surface area contributed by atoms with E-state index in [-0.39, 0.29) is 18.4 Å². The molecule has 1 spiro atoms. The zero-order chi connectivity index (χ0) is 14.9. The van der Waals surface area contributed by atoms with E-state index in [0.29, 0.717) is 0 Å². The third kappa shape index (κ3) is 0.874. The monoisotopic (exact) mass is 292 g/mol. The van der Waals surface area contributed by atoms with E-state index in [9.17, 15) is 14.7 Å². The predicted molar refractivity (Wildman–Crippen MR) is 66.8 cm³/mol. The molecule has 0 aromatic carbocycles. The topological polar surface area (TPSA) is 85.4 Å². The Bertz CT molecular complexity index is 642. The number of esters is 2. The lowest BCUT2D eigenvalue weighted by atomic mass is 9.53. The Morgan fingerprint density at radius 3 is 2.76 bits per heavy atom. The fourth-order valence-electron chi connectivity index (χ4n) is 5.59. The smallest absolute Gasteiger partial charge is 0.342 e. The van der Waals surface area contributed by atoms with Gasteiger partial charge in [-0.15, -0.1) is 0 Å². The summed E-state index contributed by atoms with van der Waals surface area (Å²) in [6.07, 6.45) is -1.34. The van der Waals surface area contributed by atoms with Gasteiger partial charge in [-0.3, -0.25) is 4.79 Å². The van der Waals surface area contributed by atoms with E-state index in [1.165, 1.54) is 0 Å². The highest BCUT2D eigenvalue weighted by atomic mass is 16.7. The summed E-state index contributed by atoms with van der Waals surface area (Å²) in [7, 11) is 0. The molecule has 2 saturated carbocycles.